The maximum absolute atomic E-state index is 12.2. The number of amides is 3. The predicted molar refractivity (Wildman–Crippen MR) is 135 cm³/mol. The van der Waals surface area contributed by atoms with Crippen LogP contribution in [0.4, 0.5) is 5.69 Å². The van der Waals surface area contributed by atoms with Crippen LogP contribution in [0.5, 0.6) is 11.5 Å². The van der Waals surface area contributed by atoms with Crippen LogP contribution in [-0.4, -0.2) is 43.7 Å². The molecule has 0 aliphatic heterocycles. The average molecular weight is 587 g/mol. The number of carbonyl (C=O) groups is 3. The van der Waals surface area contributed by atoms with Gasteiger partial charge in [-0.3, -0.25) is 14.4 Å². The smallest absolute Gasteiger partial charge is 0.329 e. The van der Waals surface area contributed by atoms with Crippen LogP contribution < -0.4 is 25.5 Å². The molecule has 9 nitrogen and oxygen atoms in total. The molecule has 0 bridgehead atoms. The van der Waals surface area contributed by atoms with Crippen molar-refractivity contribution in [3.05, 3.63) is 50.6 Å². The summed E-state index contributed by atoms with van der Waals surface area (Å²) >= 11 is 7.95. The second-order valence-corrected chi connectivity index (χ2v) is 8.46. The highest BCUT2D eigenvalue weighted by Crippen LogP contribution is 2.33. The molecule has 0 aliphatic rings. The van der Waals surface area contributed by atoms with Crippen LogP contribution in [0.1, 0.15) is 25.8 Å². The molecule has 3 amide bonds. The van der Waals surface area contributed by atoms with Crippen molar-refractivity contribution in [2.45, 2.75) is 26.3 Å². The van der Waals surface area contributed by atoms with Crippen molar-refractivity contribution >= 4 is 63.8 Å². The van der Waals surface area contributed by atoms with Crippen LogP contribution in [0.15, 0.2) is 41.5 Å². The molecule has 33 heavy (non-hydrogen) atoms. The summed E-state index contributed by atoms with van der Waals surface area (Å²) in [5.74, 6) is -1.22. The Labute approximate surface area is 210 Å². The molecule has 0 unspecified atom stereocenters. The fraction of sp³-hybridized carbons (Fsp3) is 0.273. The van der Waals surface area contributed by atoms with Crippen LogP contribution in [0.3, 0.4) is 0 Å². The summed E-state index contributed by atoms with van der Waals surface area (Å²) in [5.41, 5.74) is 3.33. The number of carbonyl (C=O) groups excluding carboxylic acids is 3. The molecule has 0 saturated heterocycles. The lowest BCUT2D eigenvalue weighted by atomic mass is 10.2. The van der Waals surface area contributed by atoms with Crippen molar-refractivity contribution in [3.63, 3.8) is 0 Å². The molecular weight excluding hydrogens is 563 g/mol. The highest BCUT2D eigenvalue weighted by atomic mass is 127. The second-order valence-electron chi connectivity index (χ2n) is 6.86. The van der Waals surface area contributed by atoms with Crippen LogP contribution in [0.25, 0.3) is 0 Å². The van der Waals surface area contributed by atoms with Gasteiger partial charge in [-0.05, 0) is 71.8 Å². The number of anilines is 1. The van der Waals surface area contributed by atoms with E-state index in [1.807, 2.05) is 29.5 Å². The van der Waals surface area contributed by atoms with Gasteiger partial charge in [-0.15, -0.1) is 0 Å². The van der Waals surface area contributed by atoms with Crippen molar-refractivity contribution in [2.24, 2.45) is 5.10 Å². The van der Waals surface area contributed by atoms with E-state index < -0.39 is 11.8 Å². The largest absolute Gasteiger partial charge is 0.493 e. The molecule has 0 spiro atoms. The Morgan fingerprint density at radius 2 is 1.97 bits per heavy atom. The molecule has 0 heterocycles. The quantitative estimate of drug-likeness (QED) is 0.180. The number of halogens is 2. The van der Waals surface area contributed by atoms with Gasteiger partial charge in [0.05, 0.1) is 16.9 Å². The first-order chi connectivity index (χ1) is 15.7. The van der Waals surface area contributed by atoms with Gasteiger partial charge in [0.25, 0.3) is 5.91 Å². The van der Waals surface area contributed by atoms with Crippen LogP contribution >= 0.6 is 34.2 Å². The molecule has 2 aromatic rings. The van der Waals surface area contributed by atoms with Gasteiger partial charge in [-0.2, -0.15) is 5.10 Å². The van der Waals surface area contributed by atoms with Gasteiger partial charge in [0.2, 0.25) is 0 Å². The van der Waals surface area contributed by atoms with E-state index in [2.05, 4.69) is 21.2 Å². The molecule has 2 rings (SSSR count). The normalized spacial score (nSPS) is 11.5. The zero-order valence-electron chi connectivity index (χ0n) is 18.3. The van der Waals surface area contributed by atoms with Crippen molar-refractivity contribution in [1.29, 1.82) is 0 Å². The fourth-order valence-corrected chi connectivity index (χ4v) is 3.43. The van der Waals surface area contributed by atoms with Crippen LogP contribution in [0, 0.1) is 3.57 Å². The lowest BCUT2D eigenvalue weighted by Crippen LogP contribution is -2.41. The first kappa shape index (κ1) is 26.4. The van der Waals surface area contributed by atoms with Crippen molar-refractivity contribution in [3.8, 4) is 11.5 Å². The number of nitrogens with one attached hydrogen (secondary N) is 3. The highest BCUT2D eigenvalue weighted by Gasteiger charge is 2.15. The summed E-state index contributed by atoms with van der Waals surface area (Å²) in [4.78, 5) is 35.7. The minimum atomic E-state index is -0.862. The first-order valence-corrected chi connectivity index (χ1v) is 11.4. The maximum Gasteiger partial charge on any atom is 0.329 e. The third-order valence-electron chi connectivity index (χ3n) is 4.28. The number of nitrogens with zero attached hydrogens (tertiary/aromatic N) is 1. The average Bonchev–Trinajstić information content (AvgIpc) is 2.77. The number of hydrogen-bond acceptors (Lipinski definition) is 6. The van der Waals surface area contributed by atoms with E-state index in [1.54, 1.807) is 43.3 Å². The molecular formula is C22H24ClIN4O5. The summed E-state index contributed by atoms with van der Waals surface area (Å²) < 4.78 is 11.7. The molecule has 11 heteroatoms. The molecule has 0 aromatic heterocycles. The Morgan fingerprint density at radius 3 is 2.64 bits per heavy atom. The Kier molecular flexibility index (Phi) is 10.4. The summed E-state index contributed by atoms with van der Waals surface area (Å²) in [5, 5.41) is 9.57. The van der Waals surface area contributed by atoms with Gasteiger partial charge in [0.1, 0.15) is 0 Å². The number of rotatable bonds is 9. The lowest BCUT2D eigenvalue weighted by Gasteiger charge is -2.13. The van der Waals surface area contributed by atoms with E-state index in [9.17, 15) is 14.4 Å². The number of hydrazone groups is 1. The van der Waals surface area contributed by atoms with Crippen molar-refractivity contribution in [1.82, 2.24) is 10.7 Å². The van der Waals surface area contributed by atoms with E-state index in [0.29, 0.717) is 37.8 Å². The molecule has 3 N–H and O–H groups in total. The topological polar surface area (TPSA) is 118 Å². The van der Waals surface area contributed by atoms with Gasteiger partial charge in [0, 0.05) is 16.8 Å². The monoisotopic (exact) mass is 586 g/mol. The number of methoxy groups -OCH3 is 1. The molecule has 2 aromatic carbocycles. The molecule has 1 atom stereocenters. The summed E-state index contributed by atoms with van der Waals surface area (Å²) in [6.07, 6.45) is 2.08. The fourth-order valence-electron chi connectivity index (χ4n) is 2.46. The molecule has 0 aliphatic carbocycles. The van der Waals surface area contributed by atoms with E-state index in [1.165, 1.54) is 13.3 Å². The predicted octanol–water partition coefficient (Wildman–Crippen LogP) is 3.34. The molecule has 0 saturated carbocycles. The minimum Gasteiger partial charge on any atom is -0.493 e. The number of benzene rings is 2. The summed E-state index contributed by atoms with van der Waals surface area (Å²) in [6, 6.07) is 10.0. The zero-order valence-corrected chi connectivity index (χ0v) is 21.2. The van der Waals surface area contributed by atoms with Gasteiger partial charge in [0.15, 0.2) is 18.1 Å². The Morgan fingerprint density at radius 1 is 1.21 bits per heavy atom. The second kappa shape index (κ2) is 13.0. The van der Waals surface area contributed by atoms with E-state index >= 15 is 0 Å². The lowest BCUT2D eigenvalue weighted by molar-refractivity contribution is -0.139. The Bertz CT molecular complexity index is 1050. The Hall–Kier alpha value is -2.86. The molecule has 176 valence electrons. The Balaban J connectivity index is 1.99. The van der Waals surface area contributed by atoms with Crippen LogP contribution in [-0.2, 0) is 14.4 Å². The van der Waals surface area contributed by atoms with Crippen molar-refractivity contribution < 1.29 is 23.9 Å². The number of ether oxygens (including phenoxy) is 2. The summed E-state index contributed by atoms with van der Waals surface area (Å²) in [6.45, 7) is 3.45. The highest BCUT2D eigenvalue weighted by molar-refractivity contribution is 14.1. The third kappa shape index (κ3) is 8.54. The standard InChI is InChI=1S/C22H24ClIN4O5/c1-4-13(2)26-21(30)22(31)28-25-11-14-8-17(24)20(18(9-14)32-3)33-12-19(29)27-16-7-5-6-15(23)10-16/h5-11,13H,4,12H2,1-3H3,(H,26,30)(H,27,29)(H,28,31)/b25-11-/t13-/m0/s1. The SMILES string of the molecule is CC[C@H](C)NC(=O)C(=O)N/N=C\c1cc(I)c(OCC(=O)Nc2cccc(Cl)c2)c(OC)c1. The third-order valence-corrected chi connectivity index (χ3v) is 5.32. The van der Waals surface area contributed by atoms with Gasteiger partial charge >= 0.3 is 11.8 Å². The van der Waals surface area contributed by atoms with Crippen LogP contribution in [0.2, 0.25) is 5.02 Å². The van der Waals surface area contributed by atoms with E-state index in [4.69, 9.17) is 21.1 Å². The van der Waals surface area contributed by atoms with Gasteiger partial charge in [-0.1, -0.05) is 24.6 Å². The number of hydrogen-bond donors (Lipinski definition) is 3. The maximum atomic E-state index is 12.2. The summed E-state index contributed by atoms with van der Waals surface area (Å²) in [7, 11) is 1.46. The van der Waals surface area contributed by atoms with Gasteiger partial charge in [-0.25, -0.2) is 5.43 Å². The zero-order chi connectivity index (χ0) is 24.4. The molecule has 0 radical (unpaired) electrons. The van der Waals surface area contributed by atoms with E-state index in [0.717, 1.165) is 0 Å². The first-order valence-electron chi connectivity index (χ1n) is 9.93. The minimum absolute atomic E-state index is 0.113. The molecule has 0 fully saturated rings. The van der Waals surface area contributed by atoms with Crippen molar-refractivity contribution in [2.75, 3.05) is 19.0 Å². The van der Waals surface area contributed by atoms with Gasteiger partial charge < -0.3 is 20.1 Å². The van der Waals surface area contributed by atoms with E-state index in [-0.39, 0.29) is 18.6 Å².